The van der Waals surface area contributed by atoms with Gasteiger partial charge < -0.3 is 8.99 Å². The van der Waals surface area contributed by atoms with Gasteiger partial charge in [0, 0.05) is 72.2 Å². The molecule has 0 aliphatic heterocycles. The Morgan fingerprint density at radius 1 is 0.975 bits per heavy atom. The normalized spacial score (nSPS) is 12.6. The number of carbonyl (C=O) groups excluding carboxylic acids is 2. The molecule has 4 aromatic heterocycles. The average Bonchev–Trinajstić information content (AvgIpc) is 3.29. The highest BCUT2D eigenvalue weighted by molar-refractivity contribution is 6.74. The Labute approximate surface area is 242 Å². The maximum absolute atomic E-state index is 13.8. The van der Waals surface area contributed by atoms with Crippen LogP contribution in [0.15, 0.2) is 61.4 Å². The van der Waals surface area contributed by atoms with Crippen molar-refractivity contribution >= 4 is 42.4 Å². The molecule has 9 heteroatoms. The fourth-order valence-corrected chi connectivity index (χ4v) is 5.52. The van der Waals surface area contributed by atoms with E-state index in [0.29, 0.717) is 34.0 Å². The van der Waals surface area contributed by atoms with Gasteiger partial charge >= 0.3 is 0 Å². The van der Waals surface area contributed by atoms with E-state index >= 15 is 0 Å². The van der Waals surface area contributed by atoms with E-state index in [2.05, 4.69) is 67.2 Å². The summed E-state index contributed by atoms with van der Waals surface area (Å²) in [6, 6.07) is 7.12. The molecule has 0 fully saturated rings. The van der Waals surface area contributed by atoms with Crippen LogP contribution in [0.25, 0.3) is 10.9 Å². The number of hydrogen-bond acceptors (Lipinski definition) is 6. The van der Waals surface area contributed by atoms with Crippen molar-refractivity contribution in [3.63, 3.8) is 0 Å². The third kappa shape index (κ3) is 6.57. The van der Waals surface area contributed by atoms with E-state index in [0.717, 1.165) is 10.9 Å². The lowest BCUT2D eigenvalue weighted by molar-refractivity contribution is -0.117. The zero-order chi connectivity index (χ0) is 29.3. The van der Waals surface area contributed by atoms with Crippen LogP contribution in [0.2, 0.25) is 23.2 Å². The molecule has 4 rings (SSSR count). The van der Waals surface area contributed by atoms with E-state index in [1.54, 1.807) is 43.0 Å². The number of fused-ring (bicyclic) bond motifs is 1. The SMILES string of the molecule is CC(C)(CO[Si](C)(C)C(C)(C)C)n1cc(C(=O)c2cncc(CC(=O)Cc3ccc(Cl)cn3)c2)c2cnccc21. The first-order valence-corrected chi connectivity index (χ1v) is 16.7. The maximum atomic E-state index is 13.8. The van der Waals surface area contributed by atoms with Gasteiger partial charge in [0.05, 0.1) is 22.7 Å². The second kappa shape index (κ2) is 11.3. The van der Waals surface area contributed by atoms with E-state index in [9.17, 15) is 9.59 Å². The molecule has 0 N–H and O–H groups in total. The number of pyridine rings is 3. The van der Waals surface area contributed by atoms with Gasteiger partial charge in [-0.1, -0.05) is 32.4 Å². The van der Waals surface area contributed by atoms with Crippen molar-refractivity contribution in [3.8, 4) is 0 Å². The number of halogens is 1. The molecule has 0 aliphatic rings. The second-order valence-corrected chi connectivity index (χ2v) is 17.7. The zero-order valence-corrected chi connectivity index (χ0v) is 26.0. The molecular formula is C31H37ClN4O3Si. The zero-order valence-electron chi connectivity index (χ0n) is 24.3. The summed E-state index contributed by atoms with van der Waals surface area (Å²) in [6.45, 7) is 15.9. The molecule has 0 aliphatic carbocycles. The van der Waals surface area contributed by atoms with Gasteiger partial charge in [-0.3, -0.25) is 24.5 Å². The third-order valence-electron chi connectivity index (χ3n) is 7.72. The third-order valence-corrected chi connectivity index (χ3v) is 12.4. The predicted octanol–water partition coefficient (Wildman–Crippen LogP) is 6.82. The molecule has 210 valence electrons. The number of nitrogens with zero attached hydrogens (tertiary/aromatic N) is 4. The lowest BCUT2D eigenvalue weighted by atomic mass is 10.0. The van der Waals surface area contributed by atoms with Crippen LogP contribution in [0.5, 0.6) is 0 Å². The highest BCUT2D eigenvalue weighted by atomic mass is 35.5. The van der Waals surface area contributed by atoms with E-state index in [4.69, 9.17) is 16.0 Å². The topological polar surface area (TPSA) is 87.0 Å². The van der Waals surface area contributed by atoms with Gasteiger partial charge in [-0.15, -0.1) is 0 Å². The van der Waals surface area contributed by atoms with E-state index in [-0.39, 0.29) is 29.4 Å². The Morgan fingerprint density at radius 2 is 1.73 bits per heavy atom. The van der Waals surface area contributed by atoms with Crippen molar-refractivity contribution in [3.05, 3.63) is 88.9 Å². The molecule has 0 aromatic carbocycles. The van der Waals surface area contributed by atoms with Gasteiger partial charge in [0.2, 0.25) is 0 Å². The molecule has 0 spiro atoms. The fourth-order valence-electron chi connectivity index (χ4n) is 4.26. The molecule has 0 radical (unpaired) electrons. The summed E-state index contributed by atoms with van der Waals surface area (Å²) in [7, 11) is -1.97. The molecule has 0 atom stereocenters. The van der Waals surface area contributed by atoms with Crippen LogP contribution in [0.3, 0.4) is 0 Å². The second-order valence-electron chi connectivity index (χ2n) is 12.4. The summed E-state index contributed by atoms with van der Waals surface area (Å²) in [6.07, 6.45) is 10.4. The number of carbonyl (C=O) groups is 2. The number of aromatic nitrogens is 4. The first-order valence-electron chi connectivity index (χ1n) is 13.4. The molecule has 0 unspecified atom stereocenters. The van der Waals surface area contributed by atoms with Crippen molar-refractivity contribution < 1.29 is 14.0 Å². The summed E-state index contributed by atoms with van der Waals surface area (Å²) in [5.41, 5.74) is 2.80. The van der Waals surface area contributed by atoms with E-state index in [1.165, 1.54) is 6.20 Å². The number of ketones is 2. The molecule has 0 amide bonds. The summed E-state index contributed by atoms with van der Waals surface area (Å²) < 4.78 is 8.70. The van der Waals surface area contributed by atoms with Crippen LogP contribution in [-0.2, 0) is 27.6 Å². The van der Waals surface area contributed by atoms with Crippen molar-refractivity contribution in [2.45, 2.75) is 71.1 Å². The Kier molecular flexibility index (Phi) is 8.45. The van der Waals surface area contributed by atoms with Gasteiger partial charge in [0.1, 0.15) is 5.78 Å². The first kappa shape index (κ1) is 29.8. The Morgan fingerprint density at radius 3 is 2.40 bits per heavy atom. The number of hydrogen-bond donors (Lipinski definition) is 0. The quantitative estimate of drug-likeness (QED) is 0.152. The molecular weight excluding hydrogens is 540 g/mol. The lowest BCUT2D eigenvalue weighted by Crippen LogP contribution is -2.45. The van der Waals surface area contributed by atoms with Crippen molar-refractivity contribution in [1.29, 1.82) is 0 Å². The van der Waals surface area contributed by atoms with Crippen molar-refractivity contribution in [2.24, 2.45) is 0 Å². The largest absolute Gasteiger partial charge is 0.414 e. The Bertz CT molecular complexity index is 1540. The Balaban J connectivity index is 1.59. The summed E-state index contributed by atoms with van der Waals surface area (Å²) >= 11 is 5.89. The van der Waals surface area contributed by atoms with Gasteiger partial charge in [-0.2, -0.15) is 0 Å². The van der Waals surface area contributed by atoms with Crippen LogP contribution in [0.1, 0.15) is 61.8 Å². The lowest BCUT2D eigenvalue weighted by Gasteiger charge is -2.39. The van der Waals surface area contributed by atoms with Gasteiger partial charge in [0.25, 0.3) is 0 Å². The van der Waals surface area contributed by atoms with Crippen molar-refractivity contribution in [2.75, 3.05) is 6.61 Å². The predicted molar refractivity (Wildman–Crippen MR) is 162 cm³/mol. The molecule has 4 heterocycles. The van der Waals surface area contributed by atoms with Crippen LogP contribution in [-0.4, -0.2) is 46.0 Å². The summed E-state index contributed by atoms with van der Waals surface area (Å²) in [5.74, 6) is -0.190. The number of rotatable bonds is 10. The minimum Gasteiger partial charge on any atom is -0.414 e. The fraction of sp³-hybridized carbons (Fsp3) is 0.387. The molecule has 7 nitrogen and oxygen atoms in total. The molecule has 4 aromatic rings. The van der Waals surface area contributed by atoms with Gasteiger partial charge in [-0.05, 0) is 61.8 Å². The van der Waals surface area contributed by atoms with Crippen LogP contribution < -0.4 is 0 Å². The van der Waals surface area contributed by atoms with E-state index in [1.807, 2.05) is 12.3 Å². The van der Waals surface area contributed by atoms with E-state index < -0.39 is 13.9 Å². The minimum absolute atomic E-state index is 0.0227. The highest BCUT2D eigenvalue weighted by Gasteiger charge is 2.39. The van der Waals surface area contributed by atoms with Gasteiger partial charge in [-0.25, -0.2) is 0 Å². The smallest absolute Gasteiger partial charge is 0.196 e. The van der Waals surface area contributed by atoms with Crippen molar-refractivity contribution in [1.82, 2.24) is 19.5 Å². The summed E-state index contributed by atoms with van der Waals surface area (Å²) in [4.78, 5) is 39.3. The molecule has 0 saturated carbocycles. The first-order chi connectivity index (χ1) is 18.7. The monoisotopic (exact) mass is 576 g/mol. The van der Waals surface area contributed by atoms with Crippen LogP contribution in [0.4, 0.5) is 0 Å². The molecule has 40 heavy (non-hydrogen) atoms. The molecule has 0 bridgehead atoms. The van der Waals surface area contributed by atoms with Crippen LogP contribution in [0, 0.1) is 0 Å². The maximum Gasteiger partial charge on any atom is 0.196 e. The number of Topliss-reactive ketones (excluding diaryl/α,β-unsaturated/α-hetero) is 1. The standard InChI is InChI=1S/C31H37ClN4O3Si/c1-30(2,3)40(6,7)39-20-31(4,5)36-19-27(26-18-33-11-10-28(26)36)29(38)22-12-21(15-34-16-22)13-25(37)14-24-9-8-23(32)17-35-24/h8-12,15-19H,13-14,20H2,1-7H3. The summed E-state index contributed by atoms with van der Waals surface area (Å²) in [5, 5.41) is 1.38. The van der Waals surface area contributed by atoms with Gasteiger partial charge in [0.15, 0.2) is 14.1 Å². The molecule has 0 saturated heterocycles. The highest BCUT2D eigenvalue weighted by Crippen LogP contribution is 2.38. The minimum atomic E-state index is -1.97. The average molecular weight is 577 g/mol. The Hall–Kier alpha value is -3.20. The van der Waals surface area contributed by atoms with Crippen LogP contribution >= 0.6 is 11.6 Å².